The van der Waals surface area contributed by atoms with E-state index in [9.17, 15) is 14.9 Å². The molecule has 6 nitrogen and oxygen atoms in total. The van der Waals surface area contributed by atoms with E-state index in [0.717, 1.165) is 0 Å². The summed E-state index contributed by atoms with van der Waals surface area (Å²) in [5, 5.41) is 22.8. The predicted molar refractivity (Wildman–Crippen MR) is 76.1 cm³/mol. The normalized spacial score (nSPS) is 11.1. The van der Waals surface area contributed by atoms with Crippen LogP contribution in [0.3, 0.4) is 0 Å². The highest BCUT2D eigenvalue weighted by Crippen LogP contribution is 2.28. The van der Waals surface area contributed by atoms with Gasteiger partial charge in [0.1, 0.15) is 5.69 Å². The molecule has 0 aliphatic heterocycles. The minimum atomic E-state index is -1.11. The SMILES string of the molecule is CSC(C)(C)CNc1cc(C(=O)O)ccc1[N+](=O)[O-]. The van der Waals surface area contributed by atoms with E-state index < -0.39 is 10.9 Å². The van der Waals surface area contributed by atoms with Gasteiger partial charge in [0.25, 0.3) is 5.69 Å². The summed E-state index contributed by atoms with van der Waals surface area (Å²) in [5.74, 6) is -1.11. The molecule has 0 bridgehead atoms. The fourth-order valence-electron chi connectivity index (χ4n) is 1.35. The van der Waals surface area contributed by atoms with E-state index >= 15 is 0 Å². The minimum Gasteiger partial charge on any atom is -0.478 e. The summed E-state index contributed by atoms with van der Waals surface area (Å²) in [5.41, 5.74) is 0.129. The van der Waals surface area contributed by atoms with Crippen molar-refractivity contribution >= 4 is 29.1 Å². The molecule has 1 aromatic carbocycles. The highest BCUT2D eigenvalue weighted by atomic mass is 32.2. The molecule has 2 N–H and O–H groups in total. The van der Waals surface area contributed by atoms with Crippen molar-refractivity contribution in [1.82, 2.24) is 0 Å². The van der Waals surface area contributed by atoms with Crippen LogP contribution in [0.15, 0.2) is 18.2 Å². The van der Waals surface area contributed by atoms with Gasteiger partial charge in [-0.15, -0.1) is 0 Å². The van der Waals surface area contributed by atoms with Crippen molar-refractivity contribution in [3.8, 4) is 0 Å². The second kappa shape index (κ2) is 5.92. The smallest absolute Gasteiger partial charge is 0.335 e. The van der Waals surface area contributed by atoms with Crippen LogP contribution in [0.5, 0.6) is 0 Å². The fraction of sp³-hybridized carbons (Fsp3) is 0.417. The van der Waals surface area contributed by atoms with E-state index in [0.29, 0.717) is 6.54 Å². The molecule has 0 amide bonds. The van der Waals surface area contributed by atoms with E-state index in [1.165, 1.54) is 18.2 Å². The molecule has 0 aliphatic rings. The van der Waals surface area contributed by atoms with Crippen molar-refractivity contribution in [3.63, 3.8) is 0 Å². The van der Waals surface area contributed by atoms with Crippen molar-refractivity contribution in [3.05, 3.63) is 33.9 Å². The number of carboxylic acids is 1. The molecule has 0 saturated carbocycles. The maximum absolute atomic E-state index is 10.9. The van der Waals surface area contributed by atoms with Crippen LogP contribution < -0.4 is 5.32 Å². The van der Waals surface area contributed by atoms with Gasteiger partial charge in [-0.2, -0.15) is 11.8 Å². The second-order valence-electron chi connectivity index (χ2n) is 4.61. The van der Waals surface area contributed by atoms with Crippen molar-refractivity contribution in [2.24, 2.45) is 0 Å². The number of carboxylic acid groups (broad SMARTS) is 1. The van der Waals surface area contributed by atoms with Crippen LogP contribution in [0.25, 0.3) is 0 Å². The zero-order valence-corrected chi connectivity index (χ0v) is 11.8. The number of nitrogens with one attached hydrogen (secondary N) is 1. The average Bonchev–Trinajstić information content (AvgIpc) is 2.35. The zero-order chi connectivity index (χ0) is 14.6. The third-order valence-electron chi connectivity index (χ3n) is 2.70. The lowest BCUT2D eigenvalue weighted by molar-refractivity contribution is -0.384. The van der Waals surface area contributed by atoms with Gasteiger partial charge in [-0.05, 0) is 32.2 Å². The van der Waals surface area contributed by atoms with Crippen molar-refractivity contribution in [2.75, 3.05) is 18.1 Å². The summed E-state index contributed by atoms with van der Waals surface area (Å²) in [7, 11) is 0. The lowest BCUT2D eigenvalue weighted by atomic mass is 10.1. The van der Waals surface area contributed by atoms with Crippen LogP contribution in [0.4, 0.5) is 11.4 Å². The van der Waals surface area contributed by atoms with E-state index in [2.05, 4.69) is 5.32 Å². The molecule has 0 atom stereocenters. The lowest BCUT2D eigenvalue weighted by Gasteiger charge is -2.22. The Bertz CT molecular complexity index is 503. The van der Waals surface area contributed by atoms with Gasteiger partial charge >= 0.3 is 5.97 Å². The van der Waals surface area contributed by atoms with E-state index in [1.54, 1.807) is 11.8 Å². The second-order valence-corrected chi connectivity index (χ2v) is 6.12. The number of hydrogen-bond acceptors (Lipinski definition) is 5. The van der Waals surface area contributed by atoms with E-state index in [4.69, 9.17) is 5.11 Å². The third kappa shape index (κ3) is 4.13. The molecule has 7 heteroatoms. The number of anilines is 1. The standard InChI is InChI=1S/C12H16N2O4S/c1-12(2,19-3)7-13-9-6-8(11(15)16)4-5-10(9)14(17)18/h4-6,13H,7H2,1-3H3,(H,15,16). The van der Waals surface area contributed by atoms with Crippen LogP contribution in [0.1, 0.15) is 24.2 Å². The average molecular weight is 284 g/mol. The number of benzene rings is 1. The quantitative estimate of drug-likeness (QED) is 0.616. The lowest BCUT2D eigenvalue weighted by Crippen LogP contribution is -2.26. The first-order chi connectivity index (χ1) is 8.76. The summed E-state index contributed by atoms with van der Waals surface area (Å²) in [4.78, 5) is 21.3. The predicted octanol–water partition coefficient (Wildman–Crippen LogP) is 2.85. The Kier molecular flexibility index (Phi) is 4.77. The van der Waals surface area contributed by atoms with Crippen molar-refractivity contribution < 1.29 is 14.8 Å². The molecule has 0 fully saturated rings. The summed E-state index contributed by atoms with van der Waals surface area (Å²) >= 11 is 1.62. The Morgan fingerprint density at radius 3 is 2.63 bits per heavy atom. The van der Waals surface area contributed by atoms with Gasteiger partial charge in [0.05, 0.1) is 10.5 Å². The van der Waals surface area contributed by atoms with Crippen LogP contribution in [-0.2, 0) is 0 Å². The fourth-order valence-corrected chi connectivity index (χ4v) is 1.57. The molecule has 1 rings (SSSR count). The maximum atomic E-state index is 10.9. The summed E-state index contributed by atoms with van der Waals surface area (Å²) in [6.45, 7) is 4.49. The highest BCUT2D eigenvalue weighted by molar-refractivity contribution is 7.99. The van der Waals surface area contributed by atoms with Gasteiger partial charge in [0.2, 0.25) is 0 Å². The number of nitrogens with zero attached hydrogens (tertiary/aromatic N) is 1. The molecule has 104 valence electrons. The first kappa shape index (κ1) is 15.3. The Hall–Kier alpha value is -1.76. The van der Waals surface area contributed by atoms with Crippen LogP contribution >= 0.6 is 11.8 Å². The molecule has 0 aromatic heterocycles. The number of thioether (sulfide) groups is 1. The molecule has 0 radical (unpaired) electrons. The molecule has 19 heavy (non-hydrogen) atoms. The monoisotopic (exact) mass is 284 g/mol. The van der Waals surface area contributed by atoms with Crippen LogP contribution in [0.2, 0.25) is 0 Å². The van der Waals surface area contributed by atoms with Gasteiger partial charge < -0.3 is 10.4 Å². The Morgan fingerprint density at radius 2 is 2.16 bits per heavy atom. The number of hydrogen-bond donors (Lipinski definition) is 2. The molecule has 0 aliphatic carbocycles. The number of aromatic carboxylic acids is 1. The van der Waals surface area contributed by atoms with Crippen LogP contribution in [-0.4, -0.2) is 33.5 Å². The van der Waals surface area contributed by atoms with Gasteiger partial charge in [0, 0.05) is 17.4 Å². The van der Waals surface area contributed by atoms with Gasteiger partial charge in [0.15, 0.2) is 0 Å². The summed E-state index contributed by atoms with van der Waals surface area (Å²) < 4.78 is -0.104. The van der Waals surface area contributed by atoms with Gasteiger partial charge in [-0.3, -0.25) is 10.1 Å². The molecule has 0 unspecified atom stereocenters. The first-order valence-corrected chi connectivity index (χ1v) is 6.80. The zero-order valence-electron chi connectivity index (χ0n) is 11.0. The van der Waals surface area contributed by atoms with Gasteiger partial charge in [-0.1, -0.05) is 0 Å². The highest BCUT2D eigenvalue weighted by Gasteiger charge is 2.20. The summed E-state index contributed by atoms with van der Waals surface area (Å²) in [6, 6.07) is 3.72. The molecule has 0 spiro atoms. The number of rotatable bonds is 6. The molecular formula is C12H16N2O4S. The molecule has 1 aromatic rings. The first-order valence-electron chi connectivity index (χ1n) is 5.57. The Morgan fingerprint density at radius 1 is 1.53 bits per heavy atom. The largest absolute Gasteiger partial charge is 0.478 e. The number of carbonyl (C=O) groups is 1. The van der Waals surface area contributed by atoms with Crippen molar-refractivity contribution in [2.45, 2.75) is 18.6 Å². The van der Waals surface area contributed by atoms with Crippen LogP contribution in [0, 0.1) is 10.1 Å². The maximum Gasteiger partial charge on any atom is 0.335 e. The Balaban J connectivity index is 3.04. The third-order valence-corrected chi connectivity index (χ3v) is 3.95. The van der Waals surface area contributed by atoms with E-state index in [1.807, 2.05) is 20.1 Å². The molecular weight excluding hydrogens is 268 g/mol. The van der Waals surface area contributed by atoms with Crippen molar-refractivity contribution in [1.29, 1.82) is 0 Å². The summed E-state index contributed by atoms with van der Waals surface area (Å²) in [6.07, 6.45) is 1.95. The number of nitro benzene ring substituents is 1. The molecule has 0 heterocycles. The molecule has 0 saturated heterocycles. The van der Waals surface area contributed by atoms with Gasteiger partial charge in [-0.25, -0.2) is 4.79 Å². The van der Waals surface area contributed by atoms with E-state index in [-0.39, 0.29) is 21.7 Å². The Labute approximate surface area is 115 Å². The minimum absolute atomic E-state index is 0.0232. The topological polar surface area (TPSA) is 92.5 Å². The number of nitro groups is 1.